The molecule has 0 aromatic heterocycles. The van der Waals surface area contributed by atoms with Gasteiger partial charge in [0.2, 0.25) is 35.4 Å². The summed E-state index contributed by atoms with van der Waals surface area (Å²) in [5.41, 5.74) is 5.10. The first-order chi connectivity index (χ1) is 15.1. The van der Waals surface area contributed by atoms with E-state index in [9.17, 15) is 33.6 Å². The second kappa shape index (κ2) is 13.5. The second-order valence-corrected chi connectivity index (χ2v) is 6.67. The molecule has 0 unspecified atom stereocenters. The highest BCUT2D eigenvalue weighted by molar-refractivity contribution is 5.93. The maximum Gasteiger partial charge on any atom is 0.322 e. The van der Waals surface area contributed by atoms with Crippen LogP contribution in [-0.4, -0.2) is 103 Å². The summed E-state index contributed by atoms with van der Waals surface area (Å²) in [6.45, 7) is -2.16. The molecular formula is C17H27N7O8. The molecule has 15 heteroatoms. The molecule has 0 aromatic carbocycles. The number of nitrogens with one attached hydrogen (secondary N) is 5. The SMILES string of the molecule is NCC(=O)NCC(=O)NCC(=O)N1CCC[C@H]1C(=O)NCC(=O)NCC(=O)NCC(=O)O. The summed E-state index contributed by atoms with van der Waals surface area (Å²) in [6.07, 6.45) is 0.928. The van der Waals surface area contributed by atoms with Crippen molar-refractivity contribution in [3.8, 4) is 0 Å². The molecule has 0 aromatic rings. The largest absolute Gasteiger partial charge is 0.480 e. The molecule has 1 aliphatic rings. The molecular weight excluding hydrogens is 430 g/mol. The van der Waals surface area contributed by atoms with E-state index in [0.717, 1.165) is 0 Å². The van der Waals surface area contributed by atoms with Crippen molar-refractivity contribution >= 4 is 41.4 Å². The van der Waals surface area contributed by atoms with Gasteiger partial charge in [0.25, 0.3) is 0 Å². The zero-order chi connectivity index (χ0) is 24.1. The summed E-state index contributed by atoms with van der Waals surface area (Å²) in [4.78, 5) is 82.1. The lowest BCUT2D eigenvalue weighted by Crippen LogP contribution is -2.51. The van der Waals surface area contributed by atoms with E-state index in [1.54, 1.807) is 0 Å². The molecule has 1 atom stereocenters. The molecule has 1 rings (SSSR count). The molecule has 1 saturated heterocycles. The lowest BCUT2D eigenvalue weighted by Gasteiger charge is -2.24. The van der Waals surface area contributed by atoms with Crippen LogP contribution in [0.25, 0.3) is 0 Å². The van der Waals surface area contributed by atoms with E-state index in [0.29, 0.717) is 19.4 Å². The second-order valence-electron chi connectivity index (χ2n) is 6.67. The van der Waals surface area contributed by atoms with E-state index in [4.69, 9.17) is 10.8 Å². The third kappa shape index (κ3) is 9.84. The summed E-state index contributed by atoms with van der Waals surface area (Å²) in [7, 11) is 0. The zero-order valence-electron chi connectivity index (χ0n) is 17.3. The van der Waals surface area contributed by atoms with Crippen molar-refractivity contribution in [1.82, 2.24) is 31.5 Å². The van der Waals surface area contributed by atoms with Crippen LogP contribution in [0, 0.1) is 0 Å². The monoisotopic (exact) mass is 457 g/mol. The van der Waals surface area contributed by atoms with Crippen LogP contribution in [0.15, 0.2) is 0 Å². The minimum atomic E-state index is -1.23. The van der Waals surface area contributed by atoms with Crippen LogP contribution in [0.5, 0.6) is 0 Å². The molecule has 1 aliphatic heterocycles. The molecule has 0 spiro atoms. The van der Waals surface area contributed by atoms with E-state index in [1.165, 1.54) is 4.90 Å². The van der Waals surface area contributed by atoms with Crippen LogP contribution in [0.3, 0.4) is 0 Å². The number of amides is 6. The third-order valence-corrected chi connectivity index (χ3v) is 4.25. The number of rotatable bonds is 12. The fraction of sp³-hybridized carbons (Fsp3) is 0.588. The molecule has 1 fully saturated rings. The summed E-state index contributed by atoms with van der Waals surface area (Å²) in [5, 5.41) is 19.7. The van der Waals surface area contributed by atoms with E-state index in [2.05, 4.69) is 26.6 Å². The van der Waals surface area contributed by atoms with Crippen LogP contribution in [0.1, 0.15) is 12.8 Å². The van der Waals surface area contributed by atoms with Crippen molar-refractivity contribution in [2.45, 2.75) is 18.9 Å². The molecule has 0 bridgehead atoms. The number of carboxylic acid groups (broad SMARTS) is 1. The van der Waals surface area contributed by atoms with Crippen molar-refractivity contribution in [3.63, 3.8) is 0 Å². The third-order valence-electron chi connectivity index (χ3n) is 4.25. The smallest absolute Gasteiger partial charge is 0.322 e. The Morgan fingerprint density at radius 3 is 1.81 bits per heavy atom. The van der Waals surface area contributed by atoms with E-state index >= 15 is 0 Å². The number of nitrogens with zero attached hydrogens (tertiary/aromatic N) is 1. The Morgan fingerprint density at radius 2 is 1.25 bits per heavy atom. The Labute approximate surface area is 182 Å². The van der Waals surface area contributed by atoms with Gasteiger partial charge in [-0.3, -0.25) is 33.6 Å². The Balaban J connectivity index is 2.37. The van der Waals surface area contributed by atoms with Gasteiger partial charge in [-0.15, -0.1) is 0 Å². The van der Waals surface area contributed by atoms with Crippen molar-refractivity contribution in [2.24, 2.45) is 5.73 Å². The summed E-state index contributed by atoms with van der Waals surface area (Å²) in [5.74, 6) is -4.79. The number of nitrogens with two attached hydrogens (primary N) is 1. The first-order valence-corrected chi connectivity index (χ1v) is 9.69. The van der Waals surface area contributed by atoms with Crippen molar-refractivity contribution < 1.29 is 38.7 Å². The minimum Gasteiger partial charge on any atom is -0.480 e. The van der Waals surface area contributed by atoms with Gasteiger partial charge in [-0.05, 0) is 12.8 Å². The maximum absolute atomic E-state index is 12.4. The highest BCUT2D eigenvalue weighted by Gasteiger charge is 2.34. The standard InChI is InChI=1S/C17H27N7O8/c18-4-11(25)19-5-12(26)21-8-15(29)24-3-1-2-10(24)17(32)23-7-14(28)20-6-13(27)22-9-16(30)31/h10H,1-9,18H2,(H,19,25)(H,20,28)(H,21,26)(H,22,27)(H,23,32)(H,30,31)/t10-/m0/s1. The number of likely N-dealkylation sites (tertiary alicyclic amines) is 1. The highest BCUT2D eigenvalue weighted by atomic mass is 16.4. The highest BCUT2D eigenvalue weighted by Crippen LogP contribution is 2.17. The molecule has 15 nitrogen and oxygen atoms in total. The number of hydrogen-bond acceptors (Lipinski definition) is 8. The molecule has 1 heterocycles. The number of carbonyl (C=O) groups is 7. The van der Waals surface area contributed by atoms with Gasteiger partial charge in [-0.2, -0.15) is 0 Å². The molecule has 0 saturated carbocycles. The molecule has 178 valence electrons. The maximum atomic E-state index is 12.4. The van der Waals surface area contributed by atoms with Gasteiger partial charge in [0.05, 0.1) is 32.7 Å². The van der Waals surface area contributed by atoms with E-state index < -0.39 is 67.1 Å². The normalized spacial score (nSPS) is 14.8. The Bertz CT molecular complexity index is 757. The number of hydrogen-bond donors (Lipinski definition) is 7. The molecule has 6 amide bonds. The molecule has 0 aliphatic carbocycles. The van der Waals surface area contributed by atoms with Crippen molar-refractivity contribution in [1.29, 1.82) is 0 Å². The van der Waals surface area contributed by atoms with Crippen LogP contribution in [-0.2, 0) is 33.6 Å². The van der Waals surface area contributed by atoms with Gasteiger partial charge in [0.1, 0.15) is 12.6 Å². The van der Waals surface area contributed by atoms with Gasteiger partial charge in [0.15, 0.2) is 0 Å². The van der Waals surface area contributed by atoms with E-state index in [1.807, 2.05) is 0 Å². The average Bonchev–Trinajstić information content (AvgIpc) is 3.26. The summed E-state index contributed by atoms with van der Waals surface area (Å²) in [6, 6.07) is -0.817. The first kappa shape index (κ1) is 26.3. The van der Waals surface area contributed by atoms with Crippen molar-refractivity contribution in [3.05, 3.63) is 0 Å². The molecule has 0 radical (unpaired) electrons. The Hall–Kier alpha value is -3.75. The van der Waals surface area contributed by atoms with Gasteiger partial charge in [0, 0.05) is 6.54 Å². The molecule has 8 N–H and O–H groups in total. The number of carbonyl (C=O) groups excluding carboxylic acids is 6. The Kier molecular flexibility index (Phi) is 11.1. The predicted octanol–water partition coefficient (Wildman–Crippen LogP) is -5.40. The fourth-order valence-electron chi connectivity index (χ4n) is 2.69. The van der Waals surface area contributed by atoms with Crippen LogP contribution < -0.4 is 32.3 Å². The van der Waals surface area contributed by atoms with E-state index in [-0.39, 0.29) is 19.6 Å². The lowest BCUT2D eigenvalue weighted by atomic mass is 10.2. The summed E-state index contributed by atoms with van der Waals surface area (Å²) < 4.78 is 0. The predicted molar refractivity (Wildman–Crippen MR) is 106 cm³/mol. The average molecular weight is 457 g/mol. The first-order valence-electron chi connectivity index (χ1n) is 9.69. The van der Waals surface area contributed by atoms with Gasteiger partial charge >= 0.3 is 5.97 Å². The quantitative estimate of drug-likeness (QED) is 0.148. The lowest BCUT2D eigenvalue weighted by molar-refractivity contribution is -0.139. The molecule has 32 heavy (non-hydrogen) atoms. The zero-order valence-corrected chi connectivity index (χ0v) is 17.3. The topological polar surface area (TPSA) is 229 Å². The number of carboxylic acids is 1. The summed E-state index contributed by atoms with van der Waals surface area (Å²) >= 11 is 0. The number of aliphatic carboxylic acids is 1. The van der Waals surface area contributed by atoms with Crippen molar-refractivity contribution in [2.75, 3.05) is 45.8 Å². The van der Waals surface area contributed by atoms with Crippen LogP contribution >= 0.6 is 0 Å². The Morgan fingerprint density at radius 1 is 0.750 bits per heavy atom. The minimum absolute atomic E-state index is 0.271. The van der Waals surface area contributed by atoms with Crippen LogP contribution in [0.2, 0.25) is 0 Å². The van der Waals surface area contributed by atoms with Crippen LogP contribution in [0.4, 0.5) is 0 Å². The fourth-order valence-corrected chi connectivity index (χ4v) is 2.69. The van der Waals surface area contributed by atoms with Gasteiger partial charge in [-0.25, -0.2) is 0 Å². The van der Waals surface area contributed by atoms with Gasteiger partial charge < -0.3 is 42.3 Å². The van der Waals surface area contributed by atoms with Gasteiger partial charge in [-0.1, -0.05) is 0 Å².